The SMILES string of the molecule is COc1cccc(C(=O)COC(=O)c2cccnc2SC2CC(=O)N(C)C2=O)c1. The van der Waals surface area contributed by atoms with Gasteiger partial charge >= 0.3 is 5.97 Å². The summed E-state index contributed by atoms with van der Waals surface area (Å²) in [6.07, 6.45) is 1.52. The van der Waals surface area contributed by atoms with Gasteiger partial charge in [-0.3, -0.25) is 19.3 Å². The molecule has 0 bridgehead atoms. The molecule has 9 heteroatoms. The number of aromatic nitrogens is 1. The molecule has 1 aliphatic rings. The van der Waals surface area contributed by atoms with Crippen LogP contribution in [-0.2, 0) is 14.3 Å². The van der Waals surface area contributed by atoms with Crippen molar-refractivity contribution in [3.63, 3.8) is 0 Å². The number of hydrogen-bond acceptors (Lipinski definition) is 8. The molecule has 1 saturated heterocycles. The normalized spacial score (nSPS) is 16.1. The first-order chi connectivity index (χ1) is 13.9. The number of amides is 2. The van der Waals surface area contributed by atoms with Gasteiger partial charge in [-0.05, 0) is 24.3 Å². The number of likely N-dealkylation sites (tertiary alicyclic amines) is 1. The summed E-state index contributed by atoms with van der Waals surface area (Å²) in [6, 6.07) is 9.58. The van der Waals surface area contributed by atoms with Gasteiger partial charge < -0.3 is 9.47 Å². The highest BCUT2D eigenvalue weighted by Gasteiger charge is 2.37. The van der Waals surface area contributed by atoms with Gasteiger partial charge in [0.05, 0.1) is 17.9 Å². The van der Waals surface area contributed by atoms with Crippen LogP contribution in [-0.4, -0.2) is 59.5 Å². The Bertz CT molecular complexity index is 977. The van der Waals surface area contributed by atoms with Crippen LogP contribution in [0.25, 0.3) is 0 Å². The van der Waals surface area contributed by atoms with Gasteiger partial charge in [0.25, 0.3) is 0 Å². The average Bonchev–Trinajstić information content (AvgIpc) is 2.98. The van der Waals surface area contributed by atoms with Gasteiger partial charge in [-0.1, -0.05) is 23.9 Å². The highest BCUT2D eigenvalue weighted by molar-refractivity contribution is 8.00. The first-order valence-electron chi connectivity index (χ1n) is 8.67. The number of benzene rings is 1. The zero-order chi connectivity index (χ0) is 21.0. The van der Waals surface area contributed by atoms with E-state index in [0.29, 0.717) is 11.3 Å². The van der Waals surface area contributed by atoms with Gasteiger partial charge in [0.1, 0.15) is 10.8 Å². The lowest BCUT2D eigenvalue weighted by atomic mass is 10.1. The Morgan fingerprint density at radius 1 is 1.24 bits per heavy atom. The number of ketones is 1. The molecule has 0 spiro atoms. The number of methoxy groups -OCH3 is 1. The molecule has 0 N–H and O–H groups in total. The number of ether oxygens (including phenoxy) is 2. The van der Waals surface area contributed by atoms with E-state index in [1.807, 2.05) is 0 Å². The summed E-state index contributed by atoms with van der Waals surface area (Å²) < 4.78 is 10.2. The number of esters is 1. The molecule has 1 fully saturated rings. The standard InChI is InChI=1S/C20H18N2O6S/c1-22-17(24)10-16(19(22)25)29-18-14(7-4-8-21-18)20(26)28-11-15(23)12-5-3-6-13(9-12)27-2/h3-9,16H,10-11H2,1-2H3. The first-order valence-corrected chi connectivity index (χ1v) is 9.55. The molecule has 29 heavy (non-hydrogen) atoms. The average molecular weight is 414 g/mol. The summed E-state index contributed by atoms with van der Waals surface area (Å²) >= 11 is 1.03. The van der Waals surface area contributed by atoms with Crippen molar-refractivity contribution in [2.45, 2.75) is 16.7 Å². The van der Waals surface area contributed by atoms with E-state index in [9.17, 15) is 19.2 Å². The summed E-state index contributed by atoms with van der Waals surface area (Å²) in [5.74, 6) is -1.21. The van der Waals surface area contributed by atoms with Crippen molar-refractivity contribution in [3.05, 3.63) is 53.7 Å². The zero-order valence-corrected chi connectivity index (χ0v) is 16.6. The van der Waals surface area contributed by atoms with Gasteiger partial charge in [0, 0.05) is 25.2 Å². The molecule has 1 aliphatic heterocycles. The minimum Gasteiger partial charge on any atom is -0.497 e. The molecule has 0 radical (unpaired) electrons. The second-order valence-corrected chi connectivity index (χ2v) is 7.38. The van der Waals surface area contributed by atoms with E-state index >= 15 is 0 Å². The molecule has 1 unspecified atom stereocenters. The maximum Gasteiger partial charge on any atom is 0.341 e. The Morgan fingerprint density at radius 2 is 2.03 bits per heavy atom. The fraction of sp³-hybridized carbons (Fsp3) is 0.250. The molecule has 2 aromatic rings. The van der Waals surface area contributed by atoms with Crippen molar-refractivity contribution in [2.75, 3.05) is 20.8 Å². The van der Waals surface area contributed by atoms with Crippen molar-refractivity contribution in [3.8, 4) is 5.75 Å². The van der Waals surface area contributed by atoms with Crippen LogP contribution in [0, 0.1) is 0 Å². The predicted molar refractivity (Wildman–Crippen MR) is 104 cm³/mol. The van der Waals surface area contributed by atoms with E-state index in [1.165, 1.54) is 26.4 Å². The van der Waals surface area contributed by atoms with Crippen LogP contribution in [0.2, 0.25) is 0 Å². The maximum absolute atomic E-state index is 12.5. The molecule has 1 aromatic heterocycles. The number of pyridine rings is 1. The lowest BCUT2D eigenvalue weighted by Crippen LogP contribution is -2.26. The number of carbonyl (C=O) groups excluding carboxylic acids is 4. The minimum absolute atomic E-state index is 0.0411. The van der Waals surface area contributed by atoms with Crippen molar-refractivity contribution < 1.29 is 28.7 Å². The third-order valence-electron chi connectivity index (χ3n) is 4.31. The Hall–Kier alpha value is -3.20. The molecule has 0 saturated carbocycles. The van der Waals surface area contributed by atoms with E-state index in [2.05, 4.69) is 4.98 Å². The van der Waals surface area contributed by atoms with Crippen LogP contribution in [0.15, 0.2) is 47.6 Å². The second kappa shape index (κ2) is 8.87. The number of imide groups is 1. The number of carbonyl (C=O) groups is 4. The fourth-order valence-corrected chi connectivity index (χ4v) is 3.83. The smallest absolute Gasteiger partial charge is 0.341 e. The molecule has 2 amide bonds. The van der Waals surface area contributed by atoms with E-state index in [-0.39, 0.29) is 34.6 Å². The topological polar surface area (TPSA) is 103 Å². The number of nitrogens with zero attached hydrogens (tertiary/aromatic N) is 2. The Balaban J connectivity index is 1.68. The quantitative estimate of drug-likeness (QED) is 0.385. The number of rotatable bonds is 7. The molecule has 2 heterocycles. The summed E-state index contributed by atoms with van der Waals surface area (Å²) in [5, 5.41) is -0.375. The van der Waals surface area contributed by atoms with E-state index in [1.54, 1.807) is 30.3 Å². The lowest BCUT2D eigenvalue weighted by Gasteiger charge is -2.11. The molecular weight excluding hydrogens is 396 g/mol. The zero-order valence-electron chi connectivity index (χ0n) is 15.8. The van der Waals surface area contributed by atoms with Crippen molar-refractivity contribution in [1.82, 2.24) is 9.88 Å². The van der Waals surface area contributed by atoms with Gasteiger partial charge in [-0.15, -0.1) is 0 Å². The van der Waals surface area contributed by atoms with Gasteiger partial charge in [-0.25, -0.2) is 9.78 Å². The van der Waals surface area contributed by atoms with Gasteiger partial charge in [-0.2, -0.15) is 0 Å². The number of hydrogen-bond donors (Lipinski definition) is 0. The first kappa shape index (κ1) is 20.5. The summed E-state index contributed by atoms with van der Waals surface area (Å²) in [4.78, 5) is 53.8. The molecule has 1 aromatic carbocycles. The van der Waals surface area contributed by atoms with Gasteiger partial charge in [0.15, 0.2) is 12.4 Å². The molecule has 8 nitrogen and oxygen atoms in total. The van der Waals surface area contributed by atoms with E-state index < -0.39 is 17.8 Å². The molecule has 0 aliphatic carbocycles. The lowest BCUT2D eigenvalue weighted by molar-refractivity contribution is -0.136. The van der Waals surface area contributed by atoms with Crippen LogP contribution in [0.5, 0.6) is 5.75 Å². The van der Waals surface area contributed by atoms with Crippen molar-refractivity contribution in [1.29, 1.82) is 0 Å². The van der Waals surface area contributed by atoms with Crippen molar-refractivity contribution >= 4 is 35.3 Å². The third kappa shape index (κ3) is 4.62. The van der Waals surface area contributed by atoms with Crippen LogP contribution in [0.1, 0.15) is 27.1 Å². The third-order valence-corrected chi connectivity index (χ3v) is 5.51. The summed E-state index contributed by atoms with van der Waals surface area (Å²) in [6.45, 7) is -0.450. The van der Waals surface area contributed by atoms with Crippen LogP contribution < -0.4 is 4.74 Å². The highest BCUT2D eigenvalue weighted by atomic mass is 32.2. The number of Topliss-reactive ketones (excluding diaryl/α,β-unsaturated/α-hetero) is 1. The Kier molecular flexibility index (Phi) is 6.28. The van der Waals surface area contributed by atoms with Crippen LogP contribution in [0.4, 0.5) is 0 Å². The van der Waals surface area contributed by atoms with Gasteiger partial charge in [0.2, 0.25) is 11.8 Å². The number of thioether (sulfide) groups is 1. The van der Waals surface area contributed by atoms with Crippen LogP contribution in [0.3, 0.4) is 0 Å². The maximum atomic E-state index is 12.5. The van der Waals surface area contributed by atoms with E-state index in [4.69, 9.17) is 9.47 Å². The van der Waals surface area contributed by atoms with E-state index in [0.717, 1.165) is 16.7 Å². The summed E-state index contributed by atoms with van der Waals surface area (Å²) in [5.41, 5.74) is 0.488. The van der Waals surface area contributed by atoms with Crippen molar-refractivity contribution in [2.24, 2.45) is 0 Å². The largest absolute Gasteiger partial charge is 0.497 e. The Morgan fingerprint density at radius 3 is 2.72 bits per heavy atom. The Labute approximate surface area is 171 Å². The molecule has 150 valence electrons. The molecular formula is C20H18N2O6S. The predicted octanol–water partition coefficient (Wildman–Crippen LogP) is 1.98. The van der Waals surface area contributed by atoms with Crippen LogP contribution >= 0.6 is 11.8 Å². The fourth-order valence-electron chi connectivity index (χ4n) is 2.68. The summed E-state index contributed by atoms with van der Waals surface area (Å²) in [7, 11) is 2.91. The second-order valence-electron chi connectivity index (χ2n) is 6.19. The molecule has 3 rings (SSSR count). The highest BCUT2D eigenvalue weighted by Crippen LogP contribution is 2.31. The monoisotopic (exact) mass is 414 g/mol. The molecule has 1 atom stereocenters. The minimum atomic E-state index is -0.734.